The van der Waals surface area contributed by atoms with Gasteiger partial charge in [-0.3, -0.25) is 4.79 Å². The largest absolute Gasteiger partial charge is 0.342 e. The normalized spacial score (nSPS) is 11.5. The molecule has 0 heterocycles. The highest BCUT2D eigenvalue weighted by Crippen LogP contribution is 2.21. The number of thioether (sulfide) groups is 1. The molecular weight excluding hydrogens is 263 g/mol. The Bertz CT molecular complexity index is 445. The minimum atomic E-state index is 0.00495. The van der Waals surface area contributed by atoms with E-state index < -0.39 is 0 Å². The van der Waals surface area contributed by atoms with E-state index in [4.69, 9.17) is 5.73 Å². The molecule has 0 aliphatic carbocycles. The summed E-state index contributed by atoms with van der Waals surface area (Å²) in [7, 11) is 1.77. The first-order valence-electron chi connectivity index (χ1n) is 6.08. The number of hydrogen-bond donors (Lipinski definition) is 1. The van der Waals surface area contributed by atoms with Gasteiger partial charge in [-0.2, -0.15) is 0 Å². The van der Waals surface area contributed by atoms with Gasteiger partial charge in [0.25, 0.3) is 5.91 Å². The quantitative estimate of drug-likeness (QED) is 0.816. The second-order valence-electron chi connectivity index (χ2n) is 4.10. The molecule has 19 heavy (non-hydrogen) atoms. The molecule has 0 saturated heterocycles. The molecule has 0 aliphatic heterocycles. The van der Waals surface area contributed by atoms with Crippen LogP contribution in [0.25, 0.3) is 0 Å². The number of benzene rings is 1. The first kappa shape index (κ1) is 15.7. The third-order valence-electron chi connectivity index (χ3n) is 2.76. The van der Waals surface area contributed by atoms with Gasteiger partial charge in [0, 0.05) is 36.3 Å². The van der Waals surface area contributed by atoms with Crippen LogP contribution < -0.4 is 5.73 Å². The van der Waals surface area contributed by atoms with E-state index in [1.165, 1.54) is 11.8 Å². The lowest BCUT2D eigenvalue weighted by Crippen LogP contribution is -2.26. The molecule has 0 saturated carbocycles. The molecule has 0 fully saturated rings. The molecule has 0 unspecified atom stereocenters. The summed E-state index contributed by atoms with van der Waals surface area (Å²) in [4.78, 5) is 14.5. The average Bonchev–Trinajstić information content (AvgIpc) is 2.47. The van der Waals surface area contributed by atoms with Gasteiger partial charge in [-0.15, -0.1) is 11.8 Å². The Kier molecular flexibility index (Phi) is 6.59. The van der Waals surface area contributed by atoms with E-state index in [0.717, 1.165) is 4.90 Å². The van der Waals surface area contributed by atoms with Crippen molar-refractivity contribution in [2.45, 2.75) is 11.8 Å². The van der Waals surface area contributed by atoms with Crippen molar-refractivity contribution in [2.75, 3.05) is 25.9 Å². The molecule has 0 spiro atoms. The minimum absolute atomic E-state index is 0.00495. The van der Waals surface area contributed by atoms with E-state index in [1.807, 2.05) is 19.1 Å². The molecule has 1 aromatic rings. The van der Waals surface area contributed by atoms with Crippen molar-refractivity contribution in [1.29, 1.82) is 0 Å². The second kappa shape index (κ2) is 7.96. The van der Waals surface area contributed by atoms with E-state index in [2.05, 4.69) is 0 Å². The summed E-state index contributed by atoms with van der Waals surface area (Å²) in [6, 6.07) is 7.32. The van der Waals surface area contributed by atoms with Gasteiger partial charge < -0.3 is 10.6 Å². The van der Waals surface area contributed by atoms with Crippen molar-refractivity contribution in [1.82, 2.24) is 4.90 Å². The molecular formula is C14H19FN2OS. The fourth-order valence-corrected chi connectivity index (χ4v) is 2.23. The Morgan fingerprint density at radius 1 is 1.42 bits per heavy atom. The smallest absolute Gasteiger partial charge is 0.253 e. The monoisotopic (exact) mass is 282 g/mol. The van der Waals surface area contributed by atoms with Crippen LogP contribution >= 0.6 is 11.8 Å². The first-order valence-corrected chi connectivity index (χ1v) is 7.07. The zero-order valence-electron chi connectivity index (χ0n) is 11.2. The predicted molar refractivity (Wildman–Crippen MR) is 78.0 cm³/mol. The molecule has 1 rings (SSSR count). The fraction of sp³-hybridized carbons (Fsp3) is 0.357. The van der Waals surface area contributed by atoms with Crippen LogP contribution in [0.2, 0.25) is 0 Å². The molecule has 0 atom stereocenters. The van der Waals surface area contributed by atoms with E-state index in [9.17, 15) is 9.18 Å². The summed E-state index contributed by atoms with van der Waals surface area (Å²) in [6.07, 6.45) is 0.557. The summed E-state index contributed by atoms with van der Waals surface area (Å²) in [5, 5.41) is 0. The molecule has 5 heteroatoms. The van der Waals surface area contributed by atoms with Crippen LogP contribution in [0.5, 0.6) is 0 Å². The summed E-state index contributed by atoms with van der Waals surface area (Å²) < 4.78 is 12.4. The molecule has 0 aromatic heterocycles. The topological polar surface area (TPSA) is 46.3 Å². The summed E-state index contributed by atoms with van der Waals surface area (Å²) in [6.45, 7) is 2.83. The van der Waals surface area contributed by atoms with Crippen molar-refractivity contribution >= 4 is 17.7 Å². The van der Waals surface area contributed by atoms with Crippen LogP contribution in [0, 0.1) is 0 Å². The Labute approximate surface area is 117 Å². The Balaban J connectivity index is 2.64. The average molecular weight is 282 g/mol. The summed E-state index contributed by atoms with van der Waals surface area (Å²) in [5.74, 6) is 0.528. The molecule has 2 N–H and O–H groups in total. The van der Waals surface area contributed by atoms with Gasteiger partial charge in [-0.1, -0.05) is 0 Å². The predicted octanol–water partition coefficient (Wildman–Crippen LogP) is 2.68. The maximum absolute atomic E-state index is 12.4. The van der Waals surface area contributed by atoms with E-state index in [-0.39, 0.29) is 12.5 Å². The van der Waals surface area contributed by atoms with Crippen LogP contribution in [0.3, 0.4) is 0 Å². The van der Waals surface area contributed by atoms with Crippen molar-refractivity contribution < 1.29 is 9.18 Å². The third kappa shape index (κ3) is 4.69. The molecule has 0 bridgehead atoms. The highest BCUT2D eigenvalue weighted by molar-refractivity contribution is 7.99. The van der Waals surface area contributed by atoms with E-state index >= 15 is 0 Å². The lowest BCUT2D eigenvalue weighted by molar-refractivity contribution is 0.0802. The summed E-state index contributed by atoms with van der Waals surface area (Å²) >= 11 is 1.50. The van der Waals surface area contributed by atoms with E-state index in [0.29, 0.717) is 29.8 Å². The van der Waals surface area contributed by atoms with Gasteiger partial charge in [0.05, 0.1) is 6.33 Å². The van der Waals surface area contributed by atoms with Gasteiger partial charge in [-0.25, -0.2) is 4.39 Å². The Morgan fingerprint density at radius 3 is 2.53 bits per heavy atom. The maximum Gasteiger partial charge on any atom is 0.253 e. The number of carbonyl (C=O) groups excluding carboxylic acids is 1. The van der Waals surface area contributed by atoms with Crippen molar-refractivity contribution in [2.24, 2.45) is 5.73 Å². The van der Waals surface area contributed by atoms with Crippen LogP contribution in [-0.4, -0.2) is 36.7 Å². The van der Waals surface area contributed by atoms with Crippen LogP contribution in [-0.2, 0) is 0 Å². The molecule has 3 nitrogen and oxygen atoms in total. The molecule has 0 radical (unpaired) electrons. The Hall–Kier alpha value is -1.33. The molecule has 0 aliphatic rings. The maximum atomic E-state index is 12.4. The number of halogens is 1. The van der Waals surface area contributed by atoms with Crippen LogP contribution in [0.1, 0.15) is 17.3 Å². The summed E-state index contributed by atoms with van der Waals surface area (Å²) in [5.41, 5.74) is 6.61. The standard InChI is InChI=1S/C14H19FN2OS/c1-3-17(2)14(18)12-4-6-13(7-5-12)19-10-11(8-15)9-16/h4-8H,3,9-10,16H2,1-2H3. The zero-order chi connectivity index (χ0) is 14.3. The van der Waals surface area contributed by atoms with Crippen LogP contribution in [0.4, 0.5) is 4.39 Å². The number of amides is 1. The molecule has 1 amide bonds. The molecule has 1 aromatic carbocycles. The number of nitrogens with two attached hydrogens (primary N) is 1. The lowest BCUT2D eigenvalue weighted by atomic mass is 10.2. The number of carbonyl (C=O) groups is 1. The van der Waals surface area contributed by atoms with Crippen molar-refractivity contribution in [3.63, 3.8) is 0 Å². The number of hydrogen-bond acceptors (Lipinski definition) is 3. The van der Waals surface area contributed by atoms with Gasteiger partial charge in [-0.05, 0) is 36.8 Å². The van der Waals surface area contributed by atoms with E-state index in [1.54, 1.807) is 24.1 Å². The van der Waals surface area contributed by atoms with Crippen LogP contribution in [0.15, 0.2) is 41.1 Å². The van der Waals surface area contributed by atoms with Gasteiger partial charge in [0.2, 0.25) is 0 Å². The number of nitrogens with zero attached hydrogens (tertiary/aromatic N) is 1. The lowest BCUT2D eigenvalue weighted by Gasteiger charge is -2.14. The highest BCUT2D eigenvalue weighted by atomic mass is 32.2. The van der Waals surface area contributed by atoms with Crippen molar-refractivity contribution in [3.05, 3.63) is 41.7 Å². The molecule has 104 valence electrons. The number of rotatable bonds is 6. The highest BCUT2D eigenvalue weighted by Gasteiger charge is 2.09. The Morgan fingerprint density at radius 2 is 2.05 bits per heavy atom. The van der Waals surface area contributed by atoms with Gasteiger partial charge >= 0.3 is 0 Å². The van der Waals surface area contributed by atoms with Crippen molar-refractivity contribution in [3.8, 4) is 0 Å². The second-order valence-corrected chi connectivity index (χ2v) is 5.15. The van der Waals surface area contributed by atoms with Gasteiger partial charge in [0.15, 0.2) is 0 Å². The minimum Gasteiger partial charge on any atom is -0.342 e. The third-order valence-corrected chi connectivity index (χ3v) is 3.88. The zero-order valence-corrected chi connectivity index (χ0v) is 12.0. The fourth-order valence-electron chi connectivity index (χ4n) is 1.37. The van der Waals surface area contributed by atoms with Gasteiger partial charge in [0.1, 0.15) is 0 Å². The first-order chi connectivity index (χ1) is 9.12. The SMILES string of the molecule is CCN(C)C(=O)c1ccc(SCC(=CF)CN)cc1.